The van der Waals surface area contributed by atoms with Gasteiger partial charge in [-0.05, 0) is 42.6 Å². The van der Waals surface area contributed by atoms with Gasteiger partial charge < -0.3 is 9.26 Å². The minimum atomic E-state index is -0.0434. The normalized spacial score (nSPS) is 11.2. The molecule has 3 aromatic heterocycles. The number of nitrogens with zero attached hydrogens (tertiary/aromatic N) is 4. The Bertz CT molecular complexity index is 1130. The molecule has 0 atom stereocenters. The van der Waals surface area contributed by atoms with Crippen LogP contribution in [0.4, 0.5) is 0 Å². The van der Waals surface area contributed by atoms with E-state index in [0.29, 0.717) is 39.4 Å². The Hall–Kier alpha value is -2.65. The monoisotopic (exact) mass is 400 g/mol. The summed E-state index contributed by atoms with van der Waals surface area (Å²) in [6.45, 7) is 2.56. The number of benzene rings is 1. The Balaban J connectivity index is 1.50. The molecule has 4 aromatic rings. The lowest BCUT2D eigenvalue weighted by Gasteiger charge is -2.05. The highest BCUT2D eigenvalue weighted by molar-refractivity contribution is 7.98. The number of thioether (sulfide) groups is 1. The fraction of sp³-hybridized carbons (Fsp3) is 0.222. The number of rotatable bonds is 6. The van der Waals surface area contributed by atoms with Crippen molar-refractivity contribution >= 4 is 33.3 Å². The summed E-state index contributed by atoms with van der Waals surface area (Å²) in [6, 6.07) is 9.38. The summed E-state index contributed by atoms with van der Waals surface area (Å²) in [4.78, 5) is 21.3. The van der Waals surface area contributed by atoms with Crippen molar-refractivity contribution in [1.82, 2.24) is 19.7 Å². The molecule has 0 spiro atoms. The van der Waals surface area contributed by atoms with Crippen LogP contribution in [0.15, 0.2) is 50.2 Å². The molecule has 0 fully saturated rings. The first-order valence-corrected chi connectivity index (χ1v) is 10.1. The van der Waals surface area contributed by atoms with Gasteiger partial charge in [0.1, 0.15) is 10.4 Å². The lowest BCUT2D eigenvalue weighted by molar-refractivity contribution is 0.340. The van der Waals surface area contributed by atoms with E-state index in [1.807, 2.05) is 42.6 Å². The smallest absolute Gasteiger partial charge is 0.271 e. The van der Waals surface area contributed by atoms with Crippen LogP contribution in [-0.4, -0.2) is 26.3 Å². The van der Waals surface area contributed by atoms with Crippen LogP contribution in [-0.2, 0) is 12.8 Å². The maximum absolute atomic E-state index is 12.3. The highest BCUT2D eigenvalue weighted by Crippen LogP contribution is 2.25. The van der Waals surface area contributed by atoms with Crippen LogP contribution in [0.1, 0.15) is 12.8 Å². The maximum atomic E-state index is 12.3. The summed E-state index contributed by atoms with van der Waals surface area (Å²) in [5, 5.41) is 6.52. The summed E-state index contributed by atoms with van der Waals surface area (Å²) >= 11 is 2.79. The Morgan fingerprint density at radius 1 is 1.22 bits per heavy atom. The molecule has 0 unspecified atom stereocenters. The molecule has 0 amide bonds. The third-order valence-electron chi connectivity index (χ3n) is 3.86. The van der Waals surface area contributed by atoms with Gasteiger partial charge >= 0.3 is 0 Å². The van der Waals surface area contributed by atoms with Crippen molar-refractivity contribution < 1.29 is 9.26 Å². The van der Waals surface area contributed by atoms with Crippen molar-refractivity contribution in [3.63, 3.8) is 0 Å². The third kappa shape index (κ3) is 3.60. The largest absolute Gasteiger partial charge is 0.494 e. The van der Waals surface area contributed by atoms with Crippen LogP contribution in [0.5, 0.6) is 5.75 Å². The quantitative estimate of drug-likeness (QED) is 0.360. The van der Waals surface area contributed by atoms with Crippen molar-refractivity contribution in [2.75, 3.05) is 6.61 Å². The first-order chi connectivity index (χ1) is 13.2. The van der Waals surface area contributed by atoms with Crippen molar-refractivity contribution in [3.8, 4) is 17.1 Å². The Morgan fingerprint density at radius 3 is 2.81 bits per heavy atom. The molecule has 7 nitrogen and oxygen atoms in total. The van der Waals surface area contributed by atoms with Gasteiger partial charge in [-0.25, -0.2) is 4.98 Å². The van der Waals surface area contributed by atoms with Gasteiger partial charge in [0, 0.05) is 12.6 Å². The van der Waals surface area contributed by atoms with Gasteiger partial charge in [-0.1, -0.05) is 16.9 Å². The number of hydrogen-bond donors (Lipinski definition) is 0. The Labute approximate surface area is 163 Å². The standard InChI is InChI=1S/C18H16N4O3S2/c1-3-24-12-6-4-11(5-7-12)16-20-14(25-21-16)10-27-18-19-13-8-9-26-15(13)17(23)22(18)2/h4-9H,3,10H2,1-2H3. The molecule has 0 N–H and O–H groups in total. The number of thiophene rings is 1. The van der Waals surface area contributed by atoms with Crippen LogP contribution in [0, 0.1) is 0 Å². The maximum Gasteiger partial charge on any atom is 0.271 e. The average Bonchev–Trinajstić information content (AvgIpc) is 3.34. The zero-order valence-electron chi connectivity index (χ0n) is 14.7. The second-order valence-electron chi connectivity index (χ2n) is 5.65. The SMILES string of the molecule is CCOc1ccc(-c2noc(CSc3nc4ccsc4c(=O)n3C)n2)cc1. The minimum absolute atomic E-state index is 0.0434. The zero-order valence-corrected chi connectivity index (χ0v) is 16.3. The molecule has 4 rings (SSSR count). The Morgan fingerprint density at radius 2 is 2.04 bits per heavy atom. The fourth-order valence-corrected chi connectivity index (χ4v) is 4.14. The third-order valence-corrected chi connectivity index (χ3v) is 5.77. The van der Waals surface area contributed by atoms with Gasteiger partial charge in [0.25, 0.3) is 5.56 Å². The van der Waals surface area contributed by atoms with E-state index in [0.717, 1.165) is 11.3 Å². The number of fused-ring (bicyclic) bond motifs is 1. The topological polar surface area (TPSA) is 83.0 Å². The van der Waals surface area contributed by atoms with Crippen molar-refractivity contribution in [1.29, 1.82) is 0 Å². The van der Waals surface area contributed by atoms with Gasteiger partial charge in [-0.2, -0.15) is 4.98 Å². The highest BCUT2D eigenvalue weighted by Gasteiger charge is 2.13. The van der Waals surface area contributed by atoms with Gasteiger partial charge in [0.15, 0.2) is 5.16 Å². The van der Waals surface area contributed by atoms with Gasteiger partial charge in [0.05, 0.1) is 17.9 Å². The lowest BCUT2D eigenvalue weighted by Crippen LogP contribution is -2.18. The van der Waals surface area contributed by atoms with E-state index >= 15 is 0 Å². The van der Waals surface area contributed by atoms with Crippen LogP contribution in [0.2, 0.25) is 0 Å². The van der Waals surface area contributed by atoms with Crippen LogP contribution in [0.25, 0.3) is 21.6 Å². The number of hydrogen-bond acceptors (Lipinski definition) is 8. The molecule has 0 saturated carbocycles. The Kier molecular flexibility index (Phi) is 4.95. The van der Waals surface area contributed by atoms with Crippen LogP contribution in [0.3, 0.4) is 0 Å². The summed E-state index contributed by atoms with van der Waals surface area (Å²) in [5.41, 5.74) is 1.52. The first-order valence-electron chi connectivity index (χ1n) is 8.28. The average molecular weight is 400 g/mol. The predicted octanol–water partition coefficient (Wildman–Crippen LogP) is 3.74. The molecule has 0 aliphatic rings. The fourth-order valence-electron chi connectivity index (χ4n) is 2.52. The van der Waals surface area contributed by atoms with E-state index in [-0.39, 0.29) is 5.56 Å². The second-order valence-corrected chi connectivity index (χ2v) is 7.51. The number of ether oxygens (including phenoxy) is 1. The van der Waals surface area contributed by atoms with E-state index < -0.39 is 0 Å². The molecule has 3 heterocycles. The summed E-state index contributed by atoms with van der Waals surface area (Å²) in [5.74, 6) is 2.23. The second kappa shape index (κ2) is 7.53. The molecule has 0 radical (unpaired) electrons. The predicted molar refractivity (Wildman–Crippen MR) is 105 cm³/mol. The van der Waals surface area contributed by atoms with Crippen LogP contribution >= 0.6 is 23.1 Å². The molecule has 138 valence electrons. The highest BCUT2D eigenvalue weighted by atomic mass is 32.2. The molecular weight excluding hydrogens is 384 g/mol. The molecule has 0 bridgehead atoms. The molecule has 27 heavy (non-hydrogen) atoms. The molecular formula is C18H16N4O3S2. The summed E-state index contributed by atoms with van der Waals surface area (Å²) < 4.78 is 13.0. The van der Waals surface area contributed by atoms with E-state index in [1.54, 1.807) is 11.6 Å². The van der Waals surface area contributed by atoms with Gasteiger partial charge in [-0.3, -0.25) is 9.36 Å². The van der Waals surface area contributed by atoms with E-state index in [2.05, 4.69) is 15.1 Å². The molecule has 0 aliphatic heterocycles. The van der Waals surface area contributed by atoms with Gasteiger partial charge in [-0.15, -0.1) is 11.3 Å². The van der Waals surface area contributed by atoms with E-state index in [9.17, 15) is 4.79 Å². The van der Waals surface area contributed by atoms with E-state index in [1.165, 1.54) is 23.1 Å². The van der Waals surface area contributed by atoms with Crippen LogP contribution < -0.4 is 10.3 Å². The minimum Gasteiger partial charge on any atom is -0.494 e. The van der Waals surface area contributed by atoms with Crippen molar-refractivity contribution in [3.05, 3.63) is 52.0 Å². The molecule has 9 heteroatoms. The summed E-state index contributed by atoms with van der Waals surface area (Å²) in [6.07, 6.45) is 0. The zero-order chi connectivity index (χ0) is 18.8. The molecule has 0 saturated heterocycles. The number of aromatic nitrogens is 4. The first kappa shape index (κ1) is 17.7. The summed E-state index contributed by atoms with van der Waals surface area (Å²) in [7, 11) is 1.72. The molecule has 0 aliphatic carbocycles. The van der Waals surface area contributed by atoms with Crippen molar-refractivity contribution in [2.24, 2.45) is 7.05 Å². The molecule has 1 aromatic carbocycles. The lowest BCUT2D eigenvalue weighted by atomic mass is 10.2. The van der Waals surface area contributed by atoms with Gasteiger partial charge in [0.2, 0.25) is 11.7 Å². The van der Waals surface area contributed by atoms with E-state index in [4.69, 9.17) is 9.26 Å². The van der Waals surface area contributed by atoms with Crippen molar-refractivity contribution in [2.45, 2.75) is 17.8 Å².